The molecular weight excluding hydrogens is 207 g/mol. The summed E-state index contributed by atoms with van der Waals surface area (Å²) in [6.45, 7) is 0.577. The Kier molecular flexibility index (Phi) is 2.86. The third-order valence-electron chi connectivity index (χ3n) is 2.73. The van der Waals surface area contributed by atoms with Crippen molar-refractivity contribution >= 4 is 5.91 Å². The second kappa shape index (κ2) is 4.31. The molecular formula is C12H11FN2O. The van der Waals surface area contributed by atoms with Crippen LogP contribution >= 0.6 is 0 Å². The molecule has 3 nitrogen and oxygen atoms in total. The zero-order chi connectivity index (χ0) is 11.5. The number of halogens is 1. The first kappa shape index (κ1) is 10.6. The van der Waals surface area contributed by atoms with Crippen LogP contribution in [-0.2, 0) is 0 Å². The van der Waals surface area contributed by atoms with Crippen LogP contribution in [-0.4, -0.2) is 23.4 Å². The van der Waals surface area contributed by atoms with Gasteiger partial charge in [0.15, 0.2) is 0 Å². The molecule has 1 heterocycles. The summed E-state index contributed by atoms with van der Waals surface area (Å²) in [7, 11) is 0. The largest absolute Gasteiger partial charge is 0.323 e. The lowest BCUT2D eigenvalue weighted by Gasteiger charge is -2.19. The van der Waals surface area contributed by atoms with E-state index in [0.29, 0.717) is 18.5 Å². The van der Waals surface area contributed by atoms with Crippen LogP contribution in [0.3, 0.4) is 0 Å². The molecule has 1 amide bonds. The second-order valence-electron chi connectivity index (χ2n) is 3.80. The Morgan fingerprint density at radius 1 is 1.56 bits per heavy atom. The van der Waals surface area contributed by atoms with Gasteiger partial charge < -0.3 is 4.90 Å². The molecule has 0 aliphatic carbocycles. The van der Waals surface area contributed by atoms with Crippen molar-refractivity contribution in [2.24, 2.45) is 0 Å². The molecule has 0 aromatic heterocycles. The van der Waals surface area contributed by atoms with Gasteiger partial charge in [-0.3, -0.25) is 4.79 Å². The zero-order valence-electron chi connectivity index (χ0n) is 8.69. The molecule has 82 valence electrons. The Bertz CT molecular complexity index is 453. The van der Waals surface area contributed by atoms with Crippen molar-refractivity contribution in [1.82, 2.24) is 4.90 Å². The lowest BCUT2D eigenvalue weighted by atomic mass is 10.2. The topological polar surface area (TPSA) is 44.1 Å². The molecule has 1 aromatic carbocycles. The summed E-state index contributed by atoms with van der Waals surface area (Å²) in [5, 5.41) is 8.87. The predicted octanol–water partition coefficient (Wildman–Crippen LogP) is 1.95. The van der Waals surface area contributed by atoms with E-state index in [1.54, 1.807) is 6.07 Å². The van der Waals surface area contributed by atoms with E-state index in [2.05, 4.69) is 6.07 Å². The number of hydrogen-bond acceptors (Lipinski definition) is 2. The number of hydrogen-bond donors (Lipinski definition) is 0. The van der Waals surface area contributed by atoms with Crippen molar-refractivity contribution in [3.8, 4) is 6.07 Å². The average molecular weight is 218 g/mol. The van der Waals surface area contributed by atoms with Crippen LogP contribution in [0.1, 0.15) is 23.2 Å². The Balaban J connectivity index is 2.23. The minimum absolute atomic E-state index is 0.261. The fourth-order valence-electron chi connectivity index (χ4n) is 1.93. The molecule has 0 spiro atoms. The van der Waals surface area contributed by atoms with Crippen LogP contribution in [0.15, 0.2) is 24.3 Å². The van der Waals surface area contributed by atoms with Gasteiger partial charge in [0.05, 0.1) is 6.07 Å². The molecule has 1 aliphatic heterocycles. The Labute approximate surface area is 93.1 Å². The van der Waals surface area contributed by atoms with Crippen molar-refractivity contribution < 1.29 is 9.18 Å². The zero-order valence-corrected chi connectivity index (χ0v) is 8.69. The Hall–Kier alpha value is -1.89. The average Bonchev–Trinajstić information content (AvgIpc) is 2.76. The van der Waals surface area contributed by atoms with Gasteiger partial charge in [-0.25, -0.2) is 4.39 Å². The highest BCUT2D eigenvalue weighted by Gasteiger charge is 2.29. The van der Waals surface area contributed by atoms with Crippen molar-refractivity contribution in [3.63, 3.8) is 0 Å². The van der Waals surface area contributed by atoms with Gasteiger partial charge in [-0.2, -0.15) is 5.26 Å². The van der Waals surface area contributed by atoms with Crippen molar-refractivity contribution in [2.45, 2.75) is 18.9 Å². The van der Waals surface area contributed by atoms with Gasteiger partial charge >= 0.3 is 0 Å². The maximum Gasteiger partial charge on any atom is 0.255 e. The monoisotopic (exact) mass is 218 g/mol. The molecule has 2 rings (SSSR count). The number of likely N-dealkylation sites (tertiary alicyclic amines) is 1. The first-order chi connectivity index (χ1) is 7.72. The fourth-order valence-corrected chi connectivity index (χ4v) is 1.93. The highest BCUT2D eigenvalue weighted by molar-refractivity contribution is 5.94. The predicted molar refractivity (Wildman–Crippen MR) is 56.1 cm³/mol. The maximum absolute atomic E-state index is 13.0. The highest BCUT2D eigenvalue weighted by Crippen LogP contribution is 2.19. The second-order valence-corrected chi connectivity index (χ2v) is 3.80. The summed E-state index contributed by atoms with van der Waals surface area (Å²) in [6.07, 6.45) is 1.54. The normalized spacial score (nSPS) is 19.5. The molecule has 0 saturated carbocycles. The SMILES string of the molecule is N#CC1CCCN1C(=O)c1cccc(F)c1. The standard InChI is InChI=1S/C12H11FN2O/c13-10-4-1-3-9(7-10)12(16)15-6-2-5-11(15)8-14/h1,3-4,7,11H,2,5-6H2. The van der Waals surface area contributed by atoms with Gasteiger partial charge in [0.2, 0.25) is 0 Å². The maximum atomic E-state index is 13.0. The van der Waals surface area contributed by atoms with E-state index in [1.165, 1.54) is 23.1 Å². The molecule has 1 fully saturated rings. The van der Waals surface area contributed by atoms with Crippen LogP contribution in [0.5, 0.6) is 0 Å². The van der Waals surface area contributed by atoms with Crippen LogP contribution in [0, 0.1) is 17.1 Å². The molecule has 16 heavy (non-hydrogen) atoms. The summed E-state index contributed by atoms with van der Waals surface area (Å²) < 4.78 is 13.0. The van der Waals surface area contributed by atoms with Gasteiger partial charge in [-0.05, 0) is 31.0 Å². The number of carbonyl (C=O) groups is 1. The fraction of sp³-hybridized carbons (Fsp3) is 0.333. The van der Waals surface area contributed by atoms with E-state index < -0.39 is 5.82 Å². The summed E-state index contributed by atoms with van der Waals surface area (Å²) >= 11 is 0. The smallest absolute Gasteiger partial charge is 0.255 e. The molecule has 0 bridgehead atoms. The van der Waals surface area contributed by atoms with Crippen molar-refractivity contribution in [3.05, 3.63) is 35.6 Å². The number of nitrogens with zero attached hydrogens (tertiary/aromatic N) is 2. The van der Waals surface area contributed by atoms with E-state index in [9.17, 15) is 9.18 Å². The lowest BCUT2D eigenvalue weighted by molar-refractivity contribution is 0.0764. The van der Waals surface area contributed by atoms with E-state index in [0.717, 1.165) is 6.42 Å². The van der Waals surface area contributed by atoms with E-state index >= 15 is 0 Å². The molecule has 0 N–H and O–H groups in total. The van der Waals surface area contributed by atoms with E-state index in [4.69, 9.17) is 5.26 Å². The number of amides is 1. The first-order valence-corrected chi connectivity index (χ1v) is 5.18. The molecule has 1 atom stereocenters. The summed E-state index contributed by atoms with van der Waals surface area (Å²) in [4.78, 5) is 13.5. The molecule has 1 saturated heterocycles. The van der Waals surface area contributed by atoms with Gasteiger partial charge in [0.25, 0.3) is 5.91 Å². The van der Waals surface area contributed by atoms with Crippen molar-refractivity contribution in [1.29, 1.82) is 5.26 Å². The molecule has 0 radical (unpaired) electrons. The summed E-state index contributed by atoms with van der Waals surface area (Å²) in [5.41, 5.74) is 0.308. The van der Waals surface area contributed by atoms with Crippen molar-refractivity contribution in [2.75, 3.05) is 6.54 Å². The lowest BCUT2D eigenvalue weighted by Crippen LogP contribution is -2.34. The molecule has 1 aromatic rings. The number of rotatable bonds is 1. The third-order valence-corrected chi connectivity index (χ3v) is 2.73. The number of nitriles is 1. The number of benzene rings is 1. The summed E-state index contributed by atoms with van der Waals surface area (Å²) in [5.74, 6) is -0.692. The van der Waals surface area contributed by atoms with Crippen LogP contribution in [0.2, 0.25) is 0 Å². The van der Waals surface area contributed by atoms with Crippen LogP contribution in [0.25, 0.3) is 0 Å². The highest BCUT2D eigenvalue weighted by atomic mass is 19.1. The van der Waals surface area contributed by atoms with E-state index in [-0.39, 0.29) is 11.9 Å². The third kappa shape index (κ3) is 1.89. The van der Waals surface area contributed by atoms with Gasteiger partial charge in [0.1, 0.15) is 11.9 Å². The molecule has 1 aliphatic rings. The minimum Gasteiger partial charge on any atom is -0.323 e. The Morgan fingerprint density at radius 2 is 2.38 bits per heavy atom. The first-order valence-electron chi connectivity index (χ1n) is 5.18. The molecule has 4 heteroatoms. The minimum atomic E-state index is -0.432. The van der Waals surface area contributed by atoms with Gasteiger partial charge in [0, 0.05) is 12.1 Å². The summed E-state index contributed by atoms with van der Waals surface area (Å²) in [6, 6.07) is 7.29. The Morgan fingerprint density at radius 3 is 3.06 bits per heavy atom. The van der Waals surface area contributed by atoms with Gasteiger partial charge in [-0.1, -0.05) is 6.07 Å². The van der Waals surface area contributed by atoms with Crippen LogP contribution in [0.4, 0.5) is 4.39 Å². The quantitative estimate of drug-likeness (QED) is 0.723. The van der Waals surface area contributed by atoms with Crippen LogP contribution < -0.4 is 0 Å². The number of carbonyl (C=O) groups excluding carboxylic acids is 1. The van der Waals surface area contributed by atoms with E-state index in [1.807, 2.05) is 0 Å². The van der Waals surface area contributed by atoms with Gasteiger partial charge in [-0.15, -0.1) is 0 Å². The molecule has 1 unspecified atom stereocenters.